The van der Waals surface area contributed by atoms with Crippen molar-refractivity contribution >= 4 is 44.9 Å². The van der Waals surface area contributed by atoms with Gasteiger partial charge in [-0.25, -0.2) is 9.97 Å². The average molecular weight is 403 g/mol. The first kappa shape index (κ1) is 18.2. The molecule has 8 heteroatoms. The Bertz CT molecular complexity index is 952. The molecule has 6 nitrogen and oxygen atoms in total. The molecule has 140 valence electrons. The quantitative estimate of drug-likeness (QED) is 0.624. The smallest absolute Gasteiger partial charge is 0.319 e. The second kappa shape index (κ2) is 7.80. The number of rotatable bonds is 4. The second-order valence-corrected chi connectivity index (χ2v) is 7.86. The summed E-state index contributed by atoms with van der Waals surface area (Å²) in [7, 11) is 1.42. The fourth-order valence-electron chi connectivity index (χ4n) is 3.19. The van der Waals surface area contributed by atoms with E-state index >= 15 is 0 Å². The van der Waals surface area contributed by atoms with Gasteiger partial charge in [0.05, 0.1) is 23.9 Å². The Morgan fingerprint density at radius 1 is 1.19 bits per heavy atom. The molecule has 3 heterocycles. The third-order valence-electron chi connectivity index (χ3n) is 4.67. The molecule has 1 saturated heterocycles. The summed E-state index contributed by atoms with van der Waals surface area (Å²) in [5.74, 6) is 0.765. The van der Waals surface area contributed by atoms with Gasteiger partial charge < -0.3 is 9.64 Å². The number of hydrogen-bond acceptors (Lipinski definition) is 7. The molecule has 1 aliphatic heterocycles. The van der Waals surface area contributed by atoms with Gasteiger partial charge in [0.1, 0.15) is 12.1 Å². The zero-order chi connectivity index (χ0) is 18.8. The lowest BCUT2D eigenvalue weighted by atomic mass is 10.2. The van der Waals surface area contributed by atoms with Crippen molar-refractivity contribution in [2.24, 2.45) is 0 Å². The predicted molar refractivity (Wildman–Crippen MR) is 109 cm³/mol. The number of piperazine rings is 1. The van der Waals surface area contributed by atoms with Crippen molar-refractivity contribution < 1.29 is 9.53 Å². The van der Waals surface area contributed by atoms with E-state index in [1.54, 1.807) is 17.7 Å². The number of aromatic nitrogens is 2. The molecule has 0 atom stereocenters. The molecule has 0 aliphatic carbocycles. The van der Waals surface area contributed by atoms with Crippen LogP contribution in [0, 0.1) is 0 Å². The van der Waals surface area contributed by atoms with E-state index in [4.69, 9.17) is 16.3 Å². The van der Waals surface area contributed by atoms with Gasteiger partial charge in [0, 0.05) is 36.1 Å². The number of benzene rings is 1. The number of halogens is 1. The van der Waals surface area contributed by atoms with Crippen molar-refractivity contribution in [3.8, 4) is 10.4 Å². The van der Waals surface area contributed by atoms with Crippen LogP contribution < -0.4 is 4.90 Å². The summed E-state index contributed by atoms with van der Waals surface area (Å²) in [6.07, 6.45) is 1.62. The Kier molecular flexibility index (Phi) is 5.24. The number of fused-ring (bicyclic) bond motifs is 1. The van der Waals surface area contributed by atoms with Gasteiger partial charge in [0.15, 0.2) is 0 Å². The van der Waals surface area contributed by atoms with E-state index in [1.807, 2.05) is 24.3 Å². The highest BCUT2D eigenvalue weighted by atomic mass is 35.5. The standard InChI is InChI=1S/C19H19ClN4O2S/c1-26-17(25)11-23-6-8-24(9-7-23)19-18-15(21-12-22-19)10-16(27-18)13-2-4-14(20)5-3-13/h2-5,10,12H,6-9,11H2,1H3. The lowest BCUT2D eigenvalue weighted by molar-refractivity contribution is -0.142. The van der Waals surface area contributed by atoms with Crippen LogP contribution in [0.1, 0.15) is 0 Å². The van der Waals surface area contributed by atoms with Crippen molar-refractivity contribution in [2.45, 2.75) is 0 Å². The Hall–Kier alpha value is -2.22. The number of hydrogen-bond donors (Lipinski definition) is 0. The number of carbonyl (C=O) groups is 1. The van der Waals surface area contributed by atoms with E-state index in [0.29, 0.717) is 6.54 Å². The van der Waals surface area contributed by atoms with Crippen LogP contribution in [0.2, 0.25) is 5.02 Å². The van der Waals surface area contributed by atoms with Gasteiger partial charge in [-0.15, -0.1) is 11.3 Å². The van der Waals surface area contributed by atoms with Gasteiger partial charge in [-0.2, -0.15) is 0 Å². The molecule has 4 rings (SSSR count). The molecule has 3 aromatic rings. The fraction of sp³-hybridized carbons (Fsp3) is 0.316. The summed E-state index contributed by atoms with van der Waals surface area (Å²) in [5.41, 5.74) is 2.07. The molecule has 0 N–H and O–H groups in total. The molecular weight excluding hydrogens is 384 g/mol. The van der Waals surface area contributed by atoms with E-state index in [-0.39, 0.29) is 5.97 Å². The summed E-state index contributed by atoms with van der Waals surface area (Å²) < 4.78 is 5.84. The van der Waals surface area contributed by atoms with E-state index in [1.165, 1.54) is 7.11 Å². The molecule has 1 aromatic carbocycles. The van der Waals surface area contributed by atoms with Crippen LogP contribution in [0.5, 0.6) is 0 Å². The number of carbonyl (C=O) groups excluding carboxylic acids is 1. The zero-order valence-corrected chi connectivity index (χ0v) is 16.5. The summed E-state index contributed by atoms with van der Waals surface area (Å²) in [4.78, 5) is 26.0. The lowest BCUT2D eigenvalue weighted by Crippen LogP contribution is -2.48. The van der Waals surface area contributed by atoms with Crippen molar-refractivity contribution in [1.29, 1.82) is 0 Å². The van der Waals surface area contributed by atoms with Crippen LogP contribution in [-0.2, 0) is 9.53 Å². The third-order valence-corrected chi connectivity index (χ3v) is 6.09. The summed E-state index contributed by atoms with van der Waals surface area (Å²) in [6.45, 7) is 3.57. The first-order valence-electron chi connectivity index (χ1n) is 8.68. The van der Waals surface area contributed by atoms with E-state index < -0.39 is 0 Å². The molecule has 0 unspecified atom stereocenters. The molecular formula is C19H19ClN4O2S. The minimum atomic E-state index is -0.196. The van der Waals surface area contributed by atoms with Crippen LogP contribution in [-0.4, -0.2) is 60.7 Å². The maximum absolute atomic E-state index is 11.5. The highest BCUT2D eigenvalue weighted by molar-refractivity contribution is 7.22. The maximum atomic E-state index is 11.5. The van der Waals surface area contributed by atoms with Gasteiger partial charge in [-0.1, -0.05) is 23.7 Å². The van der Waals surface area contributed by atoms with Crippen molar-refractivity contribution in [2.75, 3.05) is 44.7 Å². The fourth-order valence-corrected chi connectivity index (χ4v) is 4.45. The van der Waals surface area contributed by atoms with Crippen molar-refractivity contribution in [1.82, 2.24) is 14.9 Å². The molecule has 0 amide bonds. The molecule has 0 saturated carbocycles. The van der Waals surface area contributed by atoms with Crippen LogP contribution in [0.3, 0.4) is 0 Å². The Morgan fingerprint density at radius 3 is 2.63 bits per heavy atom. The molecule has 27 heavy (non-hydrogen) atoms. The van der Waals surface area contributed by atoms with Crippen LogP contribution in [0.25, 0.3) is 20.7 Å². The lowest BCUT2D eigenvalue weighted by Gasteiger charge is -2.34. The van der Waals surface area contributed by atoms with Crippen LogP contribution >= 0.6 is 22.9 Å². The van der Waals surface area contributed by atoms with Gasteiger partial charge in [-0.05, 0) is 23.8 Å². The Morgan fingerprint density at radius 2 is 1.93 bits per heavy atom. The molecule has 0 spiro atoms. The van der Waals surface area contributed by atoms with Gasteiger partial charge in [0.25, 0.3) is 0 Å². The van der Waals surface area contributed by atoms with Crippen molar-refractivity contribution in [3.63, 3.8) is 0 Å². The van der Waals surface area contributed by atoms with E-state index in [0.717, 1.165) is 57.7 Å². The largest absolute Gasteiger partial charge is 0.468 e. The number of ether oxygens (including phenoxy) is 1. The van der Waals surface area contributed by atoms with Crippen LogP contribution in [0.4, 0.5) is 5.82 Å². The molecule has 1 aliphatic rings. The molecule has 0 bridgehead atoms. The second-order valence-electron chi connectivity index (χ2n) is 6.37. The van der Waals surface area contributed by atoms with E-state index in [2.05, 4.69) is 25.8 Å². The predicted octanol–water partition coefficient (Wildman–Crippen LogP) is 3.31. The number of methoxy groups -OCH3 is 1. The first-order valence-corrected chi connectivity index (χ1v) is 9.88. The summed E-state index contributed by atoms with van der Waals surface area (Å²) in [5, 5.41) is 0.727. The molecule has 1 fully saturated rings. The normalized spacial score (nSPS) is 15.3. The number of anilines is 1. The minimum Gasteiger partial charge on any atom is -0.468 e. The number of nitrogens with zero attached hydrogens (tertiary/aromatic N) is 4. The molecule has 2 aromatic heterocycles. The minimum absolute atomic E-state index is 0.196. The Labute approximate surface area is 166 Å². The topological polar surface area (TPSA) is 58.6 Å². The maximum Gasteiger partial charge on any atom is 0.319 e. The average Bonchev–Trinajstić information content (AvgIpc) is 3.13. The van der Waals surface area contributed by atoms with Gasteiger partial charge in [0.2, 0.25) is 0 Å². The first-order chi connectivity index (χ1) is 13.1. The SMILES string of the molecule is COC(=O)CN1CCN(c2ncnc3cc(-c4ccc(Cl)cc4)sc23)CC1. The molecule has 0 radical (unpaired) electrons. The highest BCUT2D eigenvalue weighted by Crippen LogP contribution is 2.37. The van der Waals surface area contributed by atoms with E-state index in [9.17, 15) is 4.79 Å². The Balaban J connectivity index is 1.56. The number of esters is 1. The van der Waals surface area contributed by atoms with Crippen molar-refractivity contribution in [3.05, 3.63) is 41.7 Å². The summed E-state index contributed by atoms with van der Waals surface area (Å²) in [6, 6.07) is 9.93. The number of thiophene rings is 1. The highest BCUT2D eigenvalue weighted by Gasteiger charge is 2.22. The third kappa shape index (κ3) is 3.90. The zero-order valence-electron chi connectivity index (χ0n) is 14.9. The monoisotopic (exact) mass is 402 g/mol. The van der Waals surface area contributed by atoms with Crippen LogP contribution in [0.15, 0.2) is 36.7 Å². The van der Waals surface area contributed by atoms with Gasteiger partial charge in [-0.3, -0.25) is 9.69 Å². The summed E-state index contributed by atoms with van der Waals surface area (Å²) >= 11 is 7.69. The van der Waals surface area contributed by atoms with Gasteiger partial charge >= 0.3 is 5.97 Å².